The summed E-state index contributed by atoms with van der Waals surface area (Å²) in [5, 5.41) is 19.2. The van der Waals surface area contributed by atoms with E-state index in [1.165, 1.54) is 19.3 Å². The first kappa shape index (κ1) is 23.2. The fraction of sp³-hybridized carbons (Fsp3) is 0.444. The van der Waals surface area contributed by atoms with Crippen molar-refractivity contribution in [2.75, 3.05) is 0 Å². The number of aromatic nitrogens is 7. The SMILES string of the molecule is CCCCCc1nn(C2CCCCC2)c(=O)n1Cc1ccc(-c2ccccc2-c2nnn[nH]2)cc1. The number of hydrogen-bond acceptors (Lipinski definition) is 5. The molecule has 5 rings (SSSR count). The minimum atomic E-state index is 0.0376. The summed E-state index contributed by atoms with van der Waals surface area (Å²) in [7, 11) is 0. The van der Waals surface area contributed by atoms with Crippen molar-refractivity contribution in [1.29, 1.82) is 0 Å². The Morgan fingerprint density at radius 3 is 2.46 bits per heavy atom. The zero-order valence-corrected chi connectivity index (χ0v) is 20.4. The fourth-order valence-corrected chi connectivity index (χ4v) is 5.08. The Kier molecular flexibility index (Phi) is 7.16. The average molecular weight is 472 g/mol. The molecule has 0 spiro atoms. The van der Waals surface area contributed by atoms with Crippen LogP contribution in [0, 0.1) is 0 Å². The van der Waals surface area contributed by atoms with Crippen molar-refractivity contribution in [1.82, 2.24) is 35.0 Å². The van der Waals surface area contributed by atoms with E-state index >= 15 is 0 Å². The molecule has 0 radical (unpaired) electrons. The maximum atomic E-state index is 13.4. The molecule has 35 heavy (non-hydrogen) atoms. The number of tetrazole rings is 1. The zero-order valence-electron chi connectivity index (χ0n) is 20.4. The molecule has 8 heteroatoms. The van der Waals surface area contributed by atoms with Crippen LogP contribution in [0.15, 0.2) is 53.3 Å². The van der Waals surface area contributed by atoms with Gasteiger partial charge in [0.2, 0.25) is 0 Å². The zero-order chi connectivity index (χ0) is 24.0. The smallest absolute Gasteiger partial charge is 0.274 e. The van der Waals surface area contributed by atoms with Crippen LogP contribution in [0.2, 0.25) is 0 Å². The maximum Gasteiger partial charge on any atom is 0.346 e. The summed E-state index contributed by atoms with van der Waals surface area (Å²) in [4.78, 5) is 13.4. The third kappa shape index (κ3) is 5.11. The Balaban J connectivity index is 1.41. The second kappa shape index (κ2) is 10.8. The Bertz CT molecular complexity index is 1280. The first-order valence-corrected chi connectivity index (χ1v) is 12.8. The van der Waals surface area contributed by atoms with Gasteiger partial charge in [-0.2, -0.15) is 5.10 Å². The highest BCUT2D eigenvalue weighted by Crippen LogP contribution is 2.30. The van der Waals surface area contributed by atoms with E-state index in [4.69, 9.17) is 5.10 Å². The molecule has 8 nitrogen and oxygen atoms in total. The van der Waals surface area contributed by atoms with Gasteiger partial charge in [0.15, 0.2) is 5.82 Å². The highest BCUT2D eigenvalue weighted by atomic mass is 16.2. The van der Waals surface area contributed by atoms with Gasteiger partial charge in [0.05, 0.1) is 12.6 Å². The van der Waals surface area contributed by atoms with E-state index in [0.717, 1.165) is 66.6 Å². The van der Waals surface area contributed by atoms with Crippen molar-refractivity contribution in [2.24, 2.45) is 0 Å². The van der Waals surface area contributed by atoms with Crippen LogP contribution in [0.5, 0.6) is 0 Å². The van der Waals surface area contributed by atoms with Gasteiger partial charge in [-0.05, 0) is 46.4 Å². The monoisotopic (exact) mass is 471 g/mol. The summed E-state index contributed by atoms with van der Waals surface area (Å²) >= 11 is 0. The van der Waals surface area contributed by atoms with E-state index in [1.807, 2.05) is 22.8 Å². The normalized spacial score (nSPS) is 14.4. The molecule has 1 fully saturated rings. The first-order valence-electron chi connectivity index (χ1n) is 12.8. The molecule has 4 aromatic rings. The van der Waals surface area contributed by atoms with Crippen molar-refractivity contribution >= 4 is 0 Å². The van der Waals surface area contributed by atoms with Crippen LogP contribution < -0.4 is 5.69 Å². The molecule has 0 bridgehead atoms. The van der Waals surface area contributed by atoms with Gasteiger partial charge < -0.3 is 0 Å². The summed E-state index contributed by atoms with van der Waals surface area (Å²) in [5.41, 5.74) is 4.22. The molecule has 0 amide bonds. The number of benzene rings is 2. The molecular weight excluding hydrogens is 438 g/mol. The lowest BCUT2D eigenvalue weighted by atomic mass is 9.96. The Labute approximate surface area is 205 Å². The Hall–Kier alpha value is -3.55. The maximum absolute atomic E-state index is 13.4. The van der Waals surface area contributed by atoms with Crippen LogP contribution in [0.25, 0.3) is 22.5 Å². The van der Waals surface area contributed by atoms with E-state index in [9.17, 15) is 4.79 Å². The van der Waals surface area contributed by atoms with E-state index in [0.29, 0.717) is 12.4 Å². The number of nitrogens with zero attached hydrogens (tertiary/aromatic N) is 6. The van der Waals surface area contributed by atoms with Gasteiger partial charge in [-0.3, -0.25) is 4.57 Å². The summed E-state index contributed by atoms with van der Waals surface area (Å²) < 4.78 is 3.68. The van der Waals surface area contributed by atoms with Crippen molar-refractivity contribution in [3.8, 4) is 22.5 Å². The first-order chi connectivity index (χ1) is 17.2. The second-order valence-electron chi connectivity index (χ2n) is 9.47. The van der Waals surface area contributed by atoms with Crippen LogP contribution in [0.3, 0.4) is 0 Å². The summed E-state index contributed by atoms with van der Waals surface area (Å²) in [5.74, 6) is 1.56. The molecule has 1 saturated carbocycles. The lowest BCUT2D eigenvalue weighted by Crippen LogP contribution is -2.30. The highest BCUT2D eigenvalue weighted by Gasteiger charge is 2.22. The minimum absolute atomic E-state index is 0.0376. The molecular formula is C27H33N7O. The number of rotatable bonds is 9. The predicted molar refractivity (Wildman–Crippen MR) is 136 cm³/mol. The van der Waals surface area contributed by atoms with Gasteiger partial charge >= 0.3 is 5.69 Å². The standard InChI is InChI=1S/C27H33N7O/c1-2-3-5-14-25-30-34(22-10-6-4-7-11-22)27(35)33(25)19-20-15-17-21(18-16-20)23-12-8-9-13-24(23)26-28-31-32-29-26/h8-9,12-13,15-18,22H,2-7,10-11,14,19H2,1H3,(H,28,29,31,32). The van der Waals surface area contributed by atoms with Crippen LogP contribution in [-0.2, 0) is 13.0 Å². The number of aromatic amines is 1. The van der Waals surface area contributed by atoms with Crippen molar-refractivity contribution in [3.05, 3.63) is 70.4 Å². The summed E-state index contributed by atoms with van der Waals surface area (Å²) in [6.07, 6.45) is 9.95. The summed E-state index contributed by atoms with van der Waals surface area (Å²) in [6.45, 7) is 2.74. The molecule has 182 valence electrons. The molecule has 1 aliphatic rings. The van der Waals surface area contributed by atoms with Crippen LogP contribution in [-0.4, -0.2) is 35.0 Å². The van der Waals surface area contributed by atoms with Gasteiger partial charge in [0.25, 0.3) is 0 Å². The number of nitrogens with one attached hydrogen (secondary N) is 1. The molecule has 2 aromatic heterocycles. The lowest BCUT2D eigenvalue weighted by Gasteiger charge is -2.20. The molecule has 0 unspecified atom stereocenters. The Morgan fingerprint density at radius 1 is 0.971 bits per heavy atom. The summed E-state index contributed by atoms with van der Waals surface area (Å²) in [6, 6.07) is 16.7. The van der Waals surface area contributed by atoms with Crippen LogP contribution >= 0.6 is 0 Å². The lowest BCUT2D eigenvalue weighted by molar-refractivity contribution is 0.319. The van der Waals surface area contributed by atoms with E-state index in [-0.39, 0.29) is 11.7 Å². The molecule has 0 atom stereocenters. The van der Waals surface area contributed by atoms with Crippen LogP contribution in [0.4, 0.5) is 0 Å². The molecule has 1 aliphatic carbocycles. The van der Waals surface area contributed by atoms with Crippen molar-refractivity contribution < 1.29 is 0 Å². The number of unbranched alkanes of at least 4 members (excludes halogenated alkanes) is 2. The Morgan fingerprint density at radius 2 is 1.74 bits per heavy atom. The fourth-order valence-electron chi connectivity index (χ4n) is 5.08. The molecule has 2 heterocycles. The van der Waals surface area contributed by atoms with E-state index in [2.05, 4.69) is 57.9 Å². The largest absolute Gasteiger partial charge is 0.346 e. The van der Waals surface area contributed by atoms with Crippen molar-refractivity contribution in [3.63, 3.8) is 0 Å². The molecule has 0 saturated heterocycles. The predicted octanol–water partition coefficient (Wildman–Crippen LogP) is 5.18. The van der Waals surface area contributed by atoms with Crippen LogP contribution in [0.1, 0.15) is 75.7 Å². The van der Waals surface area contributed by atoms with Gasteiger partial charge in [-0.25, -0.2) is 14.6 Å². The third-order valence-corrected chi connectivity index (χ3v) is 7.02. The third-order valence-electron chi connectivity index (χ3n) is 7.02. The van der Waals surface area contributed by atoms with Crippen molar-refractivity contribution in [2.45, 2.75) is 77.3 Å². The van der Waals surface area contributed by atoms with Gasteiger partial charge in [-0.15, -0.1) is 5.10 Å². The molecule has 0 aliphatic heterocycles. The highest BCUT2D eigenvalue weighted by molar-refractivity contribution is 5.80. The second-order valence-corrected chi connectivity index (χ2v) is 9.47. The topological polar surface area (TPSA) is 94.3 Å². The van der Waals surface area contributed by atoms with Gasteiger partial charge in [0.1, 0.15) is 5.82 Å². The van der Waals surface area contributed by atoms with Gasteiger partial charge in [-0.1, -0.05) is 87.6 Å². The number of hydrogen-bond donors (Lipinski definition) is 1. The molecule has 2 aromatic carbocycles. The van der Waals surface area contributed by atoms with E-state index in [1.54, 1.807) is 4.68 Å². The van der Waals surface area contributed by atoms with E-state index < -0.39 is 0 Å². The number of H-pyrrole nitrogens is 1. The number of aryl methyl sites for hydroxylation is 1. The average Bonchev–Trinajstić information content (AvgIpc) is 3.55. The van der Waals surface area contributed by atoms with Gasteiger partial charge in [0, 0.05) is 12.0 Å². The quantitative estimate of drug-likeness (QED) is 0.340. The molecule has 1 N–H and O–H groups in total. The minimum Gasteiger partial charge on any atom is -0.274 e.